The van der Waals surface area contributed by atoms with Gasteiger partial charge >= 0.3 is 5.97 Å². The highest BCUT2D eigenvalue weighted by atomic mass is 16.6. The van der Waals surface area contributed by atoms with Crippen molar-refractivity contribution in [3.63, 3.8) is 0 Å². The third-order valence-corrected chi connectivity index (χ3v) is 2.82. The highest BCUT2D eigenvalue weighted by Gasteiger charge is 2.15. The monoisotopic (exact) mass is 280 g/mol. The first-order valence-electron chi connectivity index (χ1n) is 6.09. The van der Waals surface area contributed by atoms with Gasteiger partial charge in [-0.05, 0) is 32.4 Å². The molecule has 1 atom stereocenters. The molecule has 0 heterocycles. The Hall–Kier alpha value is -2.44. The van der Waals surface area contributed by atoms with E-state index < -0.39 is 10.9 Å². The largest absolute Gasteiger partial charge is 0.481 e. The van der Waals surface area contributed by atoms with Crippen LogP contribution in [0.25, 0.3) is 0 Å². The van der Waals surface area contributed by atoms with Crippen LogP contribution in [0.15, 0.2) is 18.2 Å². The van der Waals surface area contributed by atoms with E-state index in [1.54, 1.807) is 13.8 Å². The summed E-state index contributed by atoms with van der Waals surface area (Å²) >= 11 is 0. The van der Waals surface area contributed by atoms with E-state index in [0.717, 1.165) is 0 Å². The third-order valence-electron chi connectivity index (χ3n) is 2.82. The molecule has 0 aliphatic carbocycles. The maximum absolute atomic E-state index is 11.9. The Balaban J connectivity index is 2.71. The van der Waals surface area contributed by atoms with Gasteiger partial charge < -0.3 is 10.4 Å². The molecule has 0 bridgehead atoms. The SMILES string of the molecule is Cc1cc(C(=O)NC(C)CCC(=O)O)ccc1[N+](=O)[O-]. The summed E-state index contributed by atoms with van der Waals surface area (Å²) in [6.45, 7) is 3.27. The van der Waals surface area contributed by atoms with Gasteiger partial charge in [0.15, 0.2) is 0 Å². The summed E-state index contributed by atoms with van der Waals surface area (Å²) in [5.74, 6) is -1.29. The summed E-state index contributed by atoms with van der Waals surface area (Å²) in [5.41, 5.74) is 0.677. The molecule has 0 radical (unpaired) electrons. The Morgan fingerprint density at radius 2 is 2.10 bits per heavy atom. The van der Waals surface area contributed by atoms with Crippen molar-refractivity contribution in [2.75, 3.05) is 0 Å². The number of carboxylic acids is 1. The zero-order valence-electron chi connectivity index (χ0n) is 11.3. The minimum atomic E-state index is -0.919. The number of hydrogen-bond acceptors (Lipinski definition) is 4. The molecule has 1 aromatic rings. The number of nitro groups is 1. The number of rotatable bonds is 6. The van der Waals surface area contributed by atoms with Crippen LogP contribution in [0, 0.1) is 17.0 Å². The van der Waals surface area contributed by atoms with Gasteiger partial charge in [-0.25, -0.2) is 0 Å². The smallest absolute Gasteiger partial charge is 0.303 e. The molecular formula is C13H16N2O5. The lowest BCUT2D eigenvalue weighted by Gasteiger charge is -2.13. The summed E-state index contributed by atoms with van der Waals surface area (Å²) in [7, 11) is 0. The number of carbonyl (C=O) groups is 2. The predicted octanol–water partition coefficient (Wildman–Crippen LogP) is 1.89. The molecule has 2 N–H and O–H groups in total. The third kappa shape index (κ3) is 4.34. The second kappa shape index (κ2) is 6.65. The highest BCUT2D eigenvalue weighted by Crippen LogP contribution is 2.18. The lowest BCUT2D eigenvalue weighted by Crippen LogP contribution is -2.33. The maximum Gasteiger partial charge on any atom is 0.303 e. The number of amides is 1. The van der Waals surface area contributed by atoms with Crippen molar-refractivity contribution in [2.24, 2.45) is 0 Å². The van der Waals surface area contributed by atoms with E-state index >= 15 is 0 Å². The highest BCUT2D eigenvalue weighted by molar-refractivity contribution is 5.94. The van der Waals surface area contributed by atoms with Crippen molar-refractivity contribution in [1.29, 1.82) is 0 Å². The van der Waals surface area contributed by atoms with E-state index in [-0.39, 0.29) is 24.1 Å². The van der Waals surface area contributed by atoms with Crippen molar-refractivity contribution in [3.8, 4) is 0 Å². The van der Waals surface area contributed by atoms with Crippen molar-refractivity contribution < 1.29 is 19.6 Å². The zero-order chi connectivity index (χ0) is 15.3. The van der Waals surface area contributed by atoms with Crippen LogP contribution in [0.5, 0.6) is 0 Å². The normalized spacial score (nSPS) is 11.7. The minimum Gasteiger partial charge on any atom is -0.481 e. The molecule has 1 rings (SSSR count). The average molecular weight is 280 g/mol. The Morgan fingerprint density at radius 3 is 2.60 bits per heavy atom. The van der Waals surface area contributed by atoms with Gasteiger partial charge in [-0.15, -0.1) is 0 Å². The molecule has 1 aromatic carbocycles. The molecular weight excluding hydrogens is 264 g/mol. The van der Waals surface area contributed by atoms with Crippen LogP contribution in [0.4, 0.5) is 5.69 Å². The number of nitrogens with one attached hydrogen (secondary N) is 1. The number of carbonyl (C=O) groups excluding carboxylic acids is 1. The van der Waals surface area contributed by atoms with Crippen LogP contribution in [-0.2, 0) is 4.79 Å². The molecule has 20 heavy (non-hydrogen) atoms. The van der Waals surface area contributed by atoms with E-state index in [1.165, 1.54) is 18.2 Å². The first kappa shape index (κ1) is 15.6. The summed E-state index contributed by atoms with van der Waals surface area (Å²) in [4.78, 5) is 32.5. The van der Waals surface area contributed by atoms with Gasteiger partial charge in [0.1, 0.15) is 0 Å². The van der Waals surface area contributed by atoms with Crippen LogP contribution in [-0.4, -0.2) is 27.9 Å². The second-order valence-corrected chi connectivity index (χ2v) is 4.57. The molecule has 7 heteroatoms. The number of aliphatic carboxylic acids is 1. The minimum absolute atomic E-state index is 0.0270. The van der Waals surface area contributed by atoms with Crippen LogP contribution in [0.1, 0.15) is 35.7 Å². The number of aryl methyl sites for hydroxylation is 1. The standard InChI is InChI=1S/C13H16N2O5/c1-8-7-10(4-5-11(8)15(19)20)13(18)14-9(2)3-6-12(16)17/h4-5,7,9H,3,6H2,1-2H3,(H,14,18)(H,16,17). The van der Waals surface area contributed by atoms with Crippen molar-refractivity contribution in [1.82, 2.24) is 5.32 Å². The van der Waals surface area contributed by atoms with Gasteiger partial charge in [-0.1, -0.05) is 0 Å². The quantitative estimate of drug-likeness (QED) is 0.610. The summed E-state index contributed by atoms with van der Waals surface area (Å²) < 4.78 is 0. The Labute approximate surface area is 115 Å². The molecule has 1 amide bonds. The predicted molar refractivity (Wildman–Crippen MR) is 71.6 cm³/mol. The molecule has 0 fully saturated rings. The molecule has 0 saturated carbocycles. The van der Waals surface area contributed by atoms with Crippen LogP contribution < -0.4 is 5.32 Å². The lowest BCUT2D eigenvalue weighted by atomic mass is 10.1. The van der Waals surface area contributed by atoms with Gasteiger partial charge in [-0.2, -0.15) is 0 Å². The van der Waals surface area contributed by atoms with Crippen molar-refractivity contribution >= 4 is 17.6 Å². The fourth-order valence-corrected chi connectivity index (χ4v) is 1.72. The number of carboxylic acid groups (broad SMARTS) is 1. The van der Waals surface area contributed by atoms with Crippen LogP contribution in [0.3, 0.4) is 0 Å². The fourth-order valence-electron chi connectivity index (χ4n) is 1.72. The Morgan fingerprint density at radius 1 is 1.45 bits per heavy atom. The fraction of sp³-hybridized carbons (Fsp3) is 0.385. The Kier molecular flexibility index (Phi) is 5.19. The first-order chi connectivity index (χ1) is 9.31. The first-order valence-corrected chi connectivity index (χ1v) is 6.09. The number of nitro benzene ring substituents is 1. The van der Waals surface area contributed by atoms with E-state index in [2.05, 4.69) is 5.32 Å². The van der Waals surface area contributed by atoms with E-state index in [4.69, 9.17) is 5.11 Å². The Bertz CT molecular complexity index is 542. The maximum atomic E-state index is 11.9. The number of nitrogens with zero attached hydrogens (tertiary/aromatic N) is 1. The van der Waals surface area contributed by atoms with E-state index in [9.17, 15) is 19.7 Å². The van der Waals surface area contributed by atoms with Gasteiger partial charge in [0.05, 0.1) is 4.92 Å². The summed E-state index contributed by atoms with van der Waals surface area (Å²) in [6, 6.07) is 3.82. The van der Waals surface area contributed by atoms with Crippen molar-refractivity contribution in [2.45, 2.75) is 32.7 Å². The lowest BCUT2D eigenvalue weighted by molar-refractivity contribution is -0.385. The van der Waals surface area contributed by atoms with E-state index in [1.807, 2.05) is 0 Å². The zero-order valence-corrected chi connectivity index (χ0v) is 11.3. The average Bonchev–Trinajstić information content (AvgIpc) is 2.35. The van der Waals surface area contributed by atoms with Crippen LogP contribution in [0.2, 0.25) is 0 Å². The molecule has 0 aromatic heterocycles. The molecule has 0 spiro atoms. The van der Waals surface area contributed by atoms with Crippen LogP contribution >= 0.6 is 0 Å². The molecule has 0 saturated heterocycles. The molecule has 1 unspecified atom stereocenters. The summed E-state index contributed by atoms with van der Waals surface area (Å²) in [5, 5.41) is 21.9. The molecule has 7 nitrogen and oxygen atoms in total. The molecule has 0 aliphatic rings. The number of benzene rings is 1. The summed E-state index contributed by atoms with van der Waals surface area (Å²) in [6.07, 6.45) is 0.299. The van der Waals surface area contributed by atoms with Gasteiger partial charge in [0, 0.05) is 29.7 Å². The topological polar surface area (TPSA) is 110 Å². The second-order valence-electron chi connectivity index (χ2n) is 4.57. The van der Waals surface area contributed by atoms with Crippen molar-refractivity contribution in [3.05, 3.63) is 39.4 Å². The van der Waals surface area contributed by atoms with Gasteiger partial charge in [0.25, 0.3) is 11.6 Å². The number of hydrogen-bond donors (Lipinski definition) is 2. The molecule has 0 aliphatic heterocycles. The van der Waals surface area contributed by atoms with E-state index in [0.29, 0.717) is 17.5 Å². The van der Waals surface area contributed by atoms with Gasteiger partial charge in [-0.3, -0.25) is 19.7 Å². The molecule has 108 valence electrons. The van der Waals surface area contributed by atoms with Gasteiger partial charge in [0.2, 0.25) is 0 Å².